The Balaban J connectivity index is 1.21. The Hall–Kier alpha value is -12.5. The average molecular weight is 1660 g/mol. The van der Waals surface area contributed by atoms with Crippen LogP contribution >= 0.6 is 11.6 Å². The van der Waals surface area contributed by atoms with Crippen molar-refractivity contribution in [2.75, 3.05) is 30.3 Å². The van der Waals surface area contributed by atoms with Crippen LogP contribution in [-0.4, -0.2) is 201 Å². The zero-order valence-electron chi connectivity index (χ0n) is 67.1. The van der Waals surface area contributed by atoms with Crippen LogP contribution in [0.15, 0.2) is 140 Å². The Labute approximate surface area is 693 Å². The number of carboxylic acids is 1. The number of rotatable bonds is 44. The number of nitrogens with two attached hydrogens (primary N) is 3. The average Bonchev–Trinajstić information content (AvgIpc) is 1.76. The number of amides is 16. The Morgan fingerprint density at radius 1 is 0.521 bits per heavy atom. The van der Waals surface area contributed by atoms with Crippen LogP contribution in [0, 0.1) is 5.92 Å². The number of urea groups is 2. The van der Waals surface area contributed by atoms with Crippen LogP contribution in [0.1, 0.15) is 121 Å². The van der Waals surface area contributed by atoms with E-state index >= 15 is 14.4 Å². The number of hydrogen-bond acceptors (Lipinski definition) is 19. The van der Waals surface area contributed by atoms with Crippen molar-refractivity contribution in [3.8, 4) is 0 Å². The van der Waals surface area contributed by atoms with E-state index in [2.05, 4.69) is 74.1 Å². The number of aliphatic hydroxyl groups excluding tert-OH is 1. The van der Waals surface area contributed by atoms with Crippen molar-refractivity contribution in [1.82, 2.24) is 68.4 Å². The molecule has 7 rings (SSSR count). The van der Waals surface area contributed by atoms with Gasteiger partial charge in [0.1, 0.15) is 60.4 Å². The Morgan fingerprint density at radius 3 is 1.50 bits per heavy atom. The topological polar surface area (TPSA) is 547 Å². The molecule has 1 fully saturated rings. The van der Waals surface area contributed by atoms with E-state index in [-0.39, 0.29) is 93.2 Å². The van der Waals surface area contributed by atoms with Crippen molar-refractivity contribution >= 4 is 123 Å². The van der Waals surface area contributed by atoms with Gasteiger partial charge >= 0.3 is 18.0 Å². The highest BCUT2D eigenvalue weighted by molar-refractivity contribution is 6.30. The van der Waals surface area contributed by atoms with Crippen molar-refractivity contribution in [2.45, 2.75) is 198 Å². The first-order valence-corrected chi connectivity index (χ1v) is 39.6. The number of primary amides is 2. The molecule has 0 radical (unpaired) electrons. The van der Waals surface area contributed by atoms with Gasteiger partial charge in [0.25, 0.3) is 0 Å². The quantitative estimate of drug-likeness (QED) is 0.0243. The first kappa shape index (κ1) is 93.7. The number of nitrogens with zero attached hydrogens (tertiary/aromatic N) is 2. The van der Waals surface area contributed by atoms with E-state index in [1.54, 1.807) is 50.2 Å². The number of anilines is 2. The molecule has 0 aliphatic carbocycles. The highest BCUT2D eigenvalue weighted by Gasteiger charge is 2.41. The summed E-state index contributed by atoms with van der Waals surface area (Å²) >= 11 is 6.27. The fraction of sp³-hybridized carbons (Fsp3) is 0.422. The van der Waals surface area contributed by atoms with Gasteiger partial charge in [0.05, 0.1) is 12.6 Å². The lowest BCUT2D eigenvalue weighted by Gasteiger charge is -2.31. The standard InChI is InChI=1S/C83H107ClN18O17/c1-46(2)37-62(72(107)94-61(16-9-10-35-89-47(3)4)80(115)102-36-12-17-69(102)79(114)90-48(5)81(116)117)95-74(109)65(40-51-21-28-58(29-22-51)92-82(87)118)97-76(111)66(41-52-23-30-59(31-24-52)93-83(119)101-71(106)60(85)32-33-70(86)105)99-78(113)68(45-103)100-77(112)67(43-54-13-11-34-88-44-54)98-75(110)64(39-50-19-26-57(84)27-20-50)96-73(108)63(91-49(6)104)42-53-18-25-55-14-7-8-15-56(55)38-53/h7-8,11,13-15,18-31,34,38,44,46-48,60-69,89,103H,9-10,12,16-17,32-33,35-37,39-43,45,85H2,1-6H3,(H2,86,105)(H,90,114)(H,91,104)(H,94,107)(H,95,109)(H,96,108)(H,97,111)(H,98,110)(H,99,113)(H,100,112)(H,116,117)(H3,87,92,118)(H2,93,101,106,119)/t48-,60-,61+,62+,63-,64-,65-,66+,67-,68+,69+/m1/s1. The van der Waals surface area contributed by atoms with Gasteiger partial charge in [-0.25, -0.2) is 9.59 Å². The van der Waals surface area contributed by atoms with Gasteiger partial charge in [0.15, 0.2) is 0 Å². The maximum absolute atomic E-state index is 15.5. The van der Waals surface area contributed by atoms with Crippen LogP contribution in [-0.2, 0) is 94.4 Å². The van der Waals surface area contributed by atoms with E-state index in [0.717, 1.165) is 10.8 Å². The first-order chi connectivity index (χ1) is 56.6. The third kappa shape index (κ3) is 31.2. The second kappa shape index (κ2) is 46.5. The van der Waals surface area contributed by atoms with Crippen molar-refractivity contribution in [3.05, 3.63) is 173 Å². The highest BCUT2D eigenvalue weighted by Crippen LogP contribution is 2.23. The van der Waals surface area contributed by atoms with Crippen LogP contribution in [0.4, 0.5) is 21.0 Å². The van der Waals surface area contributed by atoms with Gasteiger partial charge < -0.3 is 96.1 Å². The minimum Gasteiger partial charge on any atom is -0.480 e. The molecule has 0 saturated carbocycles. The van der Waals surface area contributed by atoms with Gasteiger partial charge in [-0.1, -0.05) is 124 Å². The molecule has 2 heterocycles. The number of benzene rings is 5. The van der Waals surface area contributed by atoms with E-state index in [9.17, 15) is 67.7 Å². The summed E-state index contributed by atoms with van der Waals surface area (Å²) < 4.78 is 0. The number of imide groups is 1. The molecule has 0 unspecified atom stereocenters. The smallest absolute Gasteiger partial charge is 0.325 e. The van der Waals surface area contributed by atoms with Crippen molar-refractivity contribution in [2.24, 2.45) is 23.1 Å². The highest BCUT2D eigenvalue weighted by atomic mass is 35.5. The number of halogens is 1. The third-order valence-electron chi connectivity index (χ3n) is 19.4. The summed E-state index contributed by atoms with van der Waals surface area (Å²) in [5.74, 6) is -12.0. The Bertz CT molecular complexity index is 4540. The molecule has 35 nitrogen and oxygen atoms in total. The first-order valence-electron chi connectivity index (χ1n) is 39.2. The SMILES string of the molecule is CC(=O)N[C@H](Cc1ccc2ccccc2c1)C(=O)N[C@H](Cc1ccc(Cl)cc1)C(=O)N[C@H](Cc1cccnc1)C(=O)N[C@@H](CO)C(=O)N[C@@H](Cc1ccc(NC(=O)NC(=O)[C@H](N)CCC(N)=O)cc1)C(=O)N[C@H](Cc1ccc(NC(N)=O)cc1)C(=O)N[C@@H](CC(C)C)C(=O)N[C@@H](CCCCNC(C)C)C(=O)N1CCC[C@H]1C(=O)N[C@H](C)C(=O)O. The fourth-order valence-corrected chi connectivity index (χ4v) is 13.3. The predicted octanol–water partition coefficient (Wildman–Crippen LogP) is 1.82. The zero-order chi connectivity index (χ0) is 87.0. The van der Waals surface area contributed by atoms with Crippen molar-refractivity contribution in [1.29, 1.82) is 0 Å². The van der Waals surface area contributed by atoms with Gasteiger partial charge in [-0.15, -0.1) is 0 Å². The van der Waals surface area contributed by atoms with E-state index in [4.69, 9.17) is 28.8 Å². The lowest BCUT2D eigenvalue weighted by Crippen LogP contribution is -2.62. The second-order valence-electron chi connectivity index (χ2n) is 30.0. The van der Waals surface area contributed by atoms with Crippen molar-refractivity contribution in [3.63, 3.8) is 0 Å². The largest absolute Gasteiger partial charge is 0.480 e. The molecular weight excluding hydrogens is 1560 g/mol. The number of likely N-dealkylation sites (tertiary alicyclic amines) is 1. The van der Waals surface area contributed by atoms with Crippen LogP contribution < -0.4 is 86.3 Å². The lowest BCUT2D eigenvalue weighted by molar-refractivity contribution is -0.144. The van der Waals surface area contributed by atoms with Crippen molar-refractivity contribution < 1.29 is 82.1 Å². The molecule has 36 heteroatoms. The number of nitrogens with one attached hydrogen (secondary N) is 13. The van der Waals surface area contributed by atoms with E-state index in [1.807, 2.05) is 56.3 Å². The predicted molar refractivity (Wildman–Crippen MR) is 442 cm³/mol. The number of hydrogen-bond donors (Lipinski definition) is 18. The Kier molecular flexibility index (Phi) is 36.6. The molecule has 119 heavy (non-hydrogen) atoms. The minimum absolute atomic E-state index is 0.00273. The van der Waals surface area contributed by atoms with E-state index in [0.29, 0.717) is 53.1 Å². The maximum atomic E-state index is 15.5. The van der Waals surface area contributed by atoms with Crippen LogP contribution in [0.25, 0.3) is 10.8 Å². The fourth-order valence-electron chi connectivity index (χ4n) is 13.2. The maximum Gasteiger partial charge on any atom is 0.325 e. The van der Waals surface area contributed by atoms with E-state index in [1.165, 1.54) is 79.7 Å². The summed E-state index contributed by atoms with van der Waals surface area (Å²) in [4.78, 5) is 212. The number of carbonyl (C=O) groups excluding carboxylic acids is 14. The number of fused-ring (bicyclic) bond motifs is 1. The third-order valence-corrected chi connectivity index (χ3v) is 19.6. The molecule has 1 saturated heterocycles. The van der Waals surface area contributed by atoms with Gasteiger partial charge in [0, 0.05) is 86.8 Å². The van der Waals surface area contributed by atoms with Gasteiger partial charge in [-0.3, -0.25) is 72.6 Å². The number of pyridine rings is 1. The summed E-state index contributed by atoms with van der Waals surface area (Å²) in [5, 5.41) is 57.2. The molecule has 1 aromatic heterocycles. The molecule has 638 valence electrons. The lowest BCUT2D eigenvalue weighted by atomic mass is 9.99. The molecule has 11 atom stereocenters. The van der Waals surface area contributed by atoms with Crippen LogP contribution in [0.3, 0.4) is 0 Å². The monoisotopic (exact) mass is 1660 g/mol. The number of aliphatic hydroxyl groups is 1. The molecule has 0 spiro atoms. The molecular formula is C83H107ClN18O17. The summed E-state index contributed by atoms with van der Waals surface area (Å²) in [6.45, 7) is 9.49. The molecule has 1 aliphatic rings. The zero-order valence-corrected chi connectivity index (χ0v) is 67.9. The summed E-state index contributed by atoms with van der Waals surface area (Å²) in [6.07, 6.45) is 2.76. The minimum atomic E-state index is -1.94. The Morgan fingerprint density at radius 2 is 1.00 bits per heavy atom. The van der Waals surface area contributed by atoms with Crippen LogP contribution in [0.2, 0.25) is 5.02 Å². The normalized spacial score (nSPS) is 14.9. The molecule has 5 aromatic carbocycles. The second-order valence-corrected chi connectivity index (χ2v) is 30.4. The number of carbonyl (C=O) groups is 15. The summed E-state index contributed by atoms with van der Waals surface area (Å²) in [7, 11) is 0. The van der Waals surface area contributed by atoms with Gasteiger partial charge in [0.2, 0.25) is 70.9 Å². The molecule has 1 aliphatic heterocycles. The summed E-state index contributed by atoms with van der Waals surface area (Å²) in [5.41, 5.74) is 19.0. The molecule has 0 bridgehead atoms. The van der Waals surface area contributed by atoms with Gasteiger partial charge in [-0.2, -0.15) is 0 Å². The molecule has 16 amide bonds. The molecule has 21 N–H and O–H groups in total. The number of unbranched alkanes of at least 4 members (excludes halogenated alkanes) is 1. The van der Waals surface area contributed by atoms with Crippen LogP contribution in [0.5, 0.6) is 0 Å². The number of carboxylic acid groups (broad SMARTS) is 1. The number of aliphatic carboxylic acids is 1. The molecule has 6 aromatic rings. The summed E-state index contributed by atoms with van der Waals surface area (Å²) in [6, 6.07) is 16.4. The van der Waals surface area contributed by atoms with Gasteiger partial charge in [-0.05, 0) is 145 Å². The number of aromatic nitrogens is 1. The van der Waals surface area contributed by atoms with E-state index < -0.39 is 168 Å².